The van der Waals surface area contributed by atoms with Crippen LogP contribution in [-0.2, 0) is 9.53 Å². The highest BCUT2D eigenvalue weighted by Gasteiger charge is 2.32. The second kappa shape index (κ2) is 7.74. The van der Waals surface area contributed by atoms with Crippen LogP contribution in [0.1, 0.15) is 36.8 Å². The zero-order valence-electron chi connectivity index (χ0n) is 15.1. The SMILES string of the molecule is CCOC(=O)C(C)(C)NC(=O)c1ncc(-c2cc(Cl)ccc2C)cc1O. The fourth-order valence-electron chi connectivity index (χ4n) is 2.39. The summed E-state index contributed by atoms with van der Waals surface area (Å²) in [4.78, 5) is 28.3. The Hall–Kier alpha value is -2.60. The maximum Gasteiger partial charge on any atom is 0.331 e. The molecule has 1 aromatic carbocycles. The van der Waals surface area contributed by atoms with E-state index in [4.69, 9.17) is 16.3 Å². The monoisotopic (exact) mass is 376 g/mol. The number of carbonyl (C=O) groups excluding carboxylic acids is 2. The number of nitrogens with zero attached hydrogens (tertiary/aromatic N) is 1. The van der Waals surface area contributed by atoms with Crippen LogP contribution in [0.25, 0.3) is 11.1 Å². The number of aromatic nitrogens is 1. The molecular formula is C19H21ClN2O4. The van der Waals surface area contributed by atoms with Gasteiger partial charge in [-0.05, 0) is 57.0 Å². The van der Waals surface area contributed by atoms with Gasteiger partial charge in [0.15, 0.2) is 5.69 Å². The lowest BCUT2D eigenvalue weighted by Gasteiger charge is -2.23. The lowest BCUT2D eigenvalue weighted by Crippen LogP contribution is -2.50. The van der Waals surface area contributed by atoms with Gasteiger partial charge in [-0.25, -0.2) is 9.78 Å². The first-order chi connectivity index (χ1) is 12.2. The molecule has 0 fully saturated rings. The molecule has 1 aromatic heterocycles. The van der Waals surface area contributed by atoms with Gasteiger partial charge in [0.25, 0.3) is 5.91 Å². The van der Waals surface area contributed by atoms with E-state index in [1.807, 2.05) is 13.0 Å². The Bertz CT molecular complexity index is 849. The van der Waals surface area contributed by atoms with Crippen LogP contribution in [0.2, 0.25) is 5.02 Å². The van der Waals surface area contributed by atoms with Gasteiger partial charge < -0.3 is 15.2 Å². The summed E-state index contributed by atoms with van der Waals surface area (Å²) in [6.45, 7) is 6.83. The van der Waals surface area contributed by atoms with Gasteiger partial charge in [-0.1, -0.05) is 17.7 Å². The van der Waals surface area contributed by atoms with E-state index in [1.54, 1.807) is 19.1 Å². The van der Waals surface area contributed by atoms with Gasteiger partial charge in [-0.3, -0.25) is 4.79 Å². The minimum absolute atomic E-state index is 0.175. The van der Waals surface area contributed by atoms with Crippen molar-refractivity contribution in [3.63, 3.8) is 0 Å². The standard InChI is InChI=1S/C19H21ClN2O4/c1-5-26-18(25)19(3,4)22-17(24)16-15(23)8-12(10-21-16)14-9-13(20)7-6-11(14)2/h6-10,23H,5H2,1-4H3,(H,22,24). The molecule has 0 bridgehead atoms. The summed E-state index contributed by atoms with van der Waals surface area (Å²) in [5.41, 5.74) is 0.966. The molecule has 0 spiro atoms. The molecule has 0 aliphatic heterocycles. The highest BCUT2D eigenvalue weighted by Crippen LogP contribution is 2.29. The molecule has 7 heteroatoms. The van der Waals surface area contributed by atoms with Gasteiger partial charge in [-0.15, -0.1) is 0 Å². The zero-order valence-corrected chi connectivity index (χ0v) is 15.8. The van der Waals surface area contributed by atoms with Gasteiger partial charge in [0, 0.05) is 16.8 Å². The van der Waals surface area contributed by atoms with Crippen molar-refractivity contribution in [2.45, 2.75) is 33.2 Å². The Labute approximate surface area is 157 Å². The largest absolute Gasteiger partial charge is 0.505 e. The van der Waals surface area contributed by atoms with Crippen LogP contribution < -0.4 is 5.32 Å². The molecule has 0 aliphatic carbocycles. The van der Waals surface area contributed by atoms with Crippen molar-refractivity contribution in [2.75, 3.05) is 6.61 Å². The number of aromatic hydroxyl groups is 1. The normalized spacial score (nSPS) is 11.1. The van der Waals surface area contributed by atoms with E-state index in [0.29, 0.717) is 10.6 Å². The predicted octanol–water partition coefficient (Wildman–Crippen LogP) is 3.49. The zero-order chi connectivity index (χ0) is 19.5. The first-order valence-corrected chi connectivity index (χ1v) is 8.48. The van der Waals surface area contributed by atoms with Crippen molar-refractivity contribution < 1.29 is 19.4 Å². The molecule has 0 aliphatic rings. The third-order valence-corrected chi connectivity index (χ3v) is 4.04. The molecule has 0 saturated heterocycles. The van der Waals surface area contributed by atoms with Crippen molar-refractivity contribution in [2.24, 2.45) is 0 Å². The summed E-state index contributed by atoms with van der Waals surface area (Å²) in [5, 5.41) is 13.3. The second-order valence-electron chi connectivity index (χ2n) is 6.35. The lowest BCUT2D eigenvalue weighted by molar-refractivity contribution is -0.149. The number of aryl methyl sites for hydroxylation is 1. The summed E-state index contributed by atoms with van der Waals surface area (Å²) >= 11 is 6.03. The van der Waals surface area contributed by atoms with E-state index in [-0.39, 0.29) is 18.1 Å². The number of nitrogens with one attached hydrogen (secondary N) is 1. The quantitative estimate of drug-likeness (QED) is 0.780. The highest BCUT2D eigenvalue weighted by atomic mass is 35.5. The van der Waals surface area contributed by atoms with Crippen LogP contribution in [0.5, 0.6) is 5.75 Å². The number of hydrogen-bond acceptors (Lipinski definition) is 5. The maximum absolute atomic E-state index is 12.4. The molecule has 0 unspecified atom stereocenters. The molecule has 2 aromatic rings. The Morgan fingerprint density at radius 3 is 2.62 bits per heavy atom. The molecule has 2 N–H and O–H groups in total. The van der Waals surface area contributed by atoms with Crippen molar-refractivity contribution >= 4 is 23.5 Å². The second-order valence-corrected chi connectivity index (χ2v) is 6.79. The molecule has 26 heavy (non-hydrogen) atoms. The summed E-state index contributed by atoms with van der Waals surface area (Å²) in [5.74, 6) is -1.53. The number of benzene rings is 1. The fourth-order valence-corrected chi connectivity index (χ4v) is 2.56. The molecule has 0 atom stereocenters. The lowest BCUT2D eigenvalue weighted by atomic mass is 10.0. The molecular weight excluding hydrogens is 356 g/mol. The number of carbonyl (C=O) groups is 2. The average Bonchev–Trinajstić information content (AvgIpc) is 2.56. The highest BCUT2D eigenvalue weighted by molar-refractivity contribution is 6.30. The van der Waals surface area contributed by atoms with Crippen LogP contribution in [0.4, 0.5) is 0 Å². The minimum Gasteiger partial charge on any atom is -0.505 e. The number of esters is 1. The van der Waals surface area contributed by atoms with E-state index in [1.165, 1.54) is 26.1 Å². The summed E-state index contributed by atoms with van der Waals surface area (Å²) in [7, 11) is 0. The van der Waals surface area contributed by atoms with Gasteiger partial charge in [0.2, 0.25) is 0 Å². The minimum atomic E-state index is -1.25. The number of halogens is 1. The van der Waals surface area contributed by atoms with E-state index in [9.17, 15) is 14.7 Å². The average molecular weight is 377 g/mol. The molecule has 1 heterocycles. The van der Waals surface area contributed by atoms with Gasteiger partial charge in [0.1, 0.15) is 11.3 Å². The topological polar surface area (TPSA) is 88.5 Å². The number of hydrogen-bond donors (Lipinski definition) is 2. The van der Waals surface area contributed by atoms with Crippen LogP contribution in [-0.4, -0.2) is 34.1 Å². The number of amides is 1. The smallest absolute Gasteiger partial charge is 0.331 e. The van der Waals surface area contributed by atoms with Gasteiger partial charge >= 0.3 is 5.97 Å². The molecule has 2 rings (SSSR count). The Morgan fingerprint density at radius 2 is 2.00 bits per heavy atom. The van der Waals surface area contributed by atoms with Crippen molar-refractivity contribution in [1.29, 1.82) is 0 Å². The molecule has 1 amide bonds. The van der Waals surface area contributed by atoms with Crippen molar-refractivity contribution in [1.82, 2.24) is 10.3 Å². The fraction of sp³-hybridized carbons (Fsp3) is 0.316. The van der Waals surface area contributed by atoms with Crippen molar-refractivity contribution in [3.8, 4) is 16.9 Å². The van der Waals surface area contributed by atoms with Crippen LogP contribution >= 0.6 is 11.6 Å². The van der Waals surface area contributed by atoms with Crippen LogP contribution in [0.3, 0.4) is 0 Å². The maximum atomic E-state index is 12.4. The number of rotatable bonds is 5. The van der Waals surface area contributed by atoms with Crippen LogP contribution in [0.15, 0.2) is 30.5 Å². The Morgan fingerprint density at radius 1 is 1.31 bits per heavy atom. The van der Waals surface area contributed by atoms with E-state index in [2.05, 4.69) is 10.3 Å². The number of pyridine rings is 1. The van der Waals surface area contributed by atoms with E-state index < -0.39 is 17.4 Å². The number of ether oxygens (including phenoxy) is 1. The summed E-state index contributed by atoms with van der Waals surface area (Å²) in [6.07, 6.45) is 1.48. The third kappa shape index (κ3) is 4.32. The van der Waals surface area contributed by atoms with Crippen molar-refractivity contribution in [3.05, 3.63) is 46.7 Å². The third-order valence-electron chi connectivity index (χ3n) is 3.81. The first kappa shape index (κ1) is 19.7. The Balaban J connectivity index is 2.28. The first-order valence-electron chi connectivity index (χ1n) is 8.11. The summed E-state index contributed by atoms with van der Waals surface area (Å²) in [6, 6.07) is 6.83. The van der Waals surface area contributed by atoms with Gasteiger partial charge in [-0.2, -0.15) is 0 Å². The van der Waals surface area contributed by atoms with E-state index >= 15 is 0 Å². The summed E-state index contributed by atoms with van der Waals surface area (Å²) < 4.78 is 4.93. The predicted molar refractivity (Wildman–Crippen MR) is 99.3 cm³/mol. The molecule has 6 nitrogen and oxygen atoms in total. The van der Waals surface area contributed by atoms with Gasteiger partial charge in [0.05, 0.1) is 6.61 Å². The van der Waals surface area contributed by atoms with E-state index in [0.717, 1.165) is 11.1 Å². The van der Waals surface area contributed by atoms with Crippen LogP contribution in [0, 0.1) is 6.92 Å². The molecule has 0 saturated carbocycles. The molecule has 0 radical (unpaired) electrons. The molecule has 138 valence electrons. The Kier molecular flexibility index (Phi) is 5.87.